The first kappa shape index (κ1) is 14.6. The Morgan fingerprint density at radius 1 is 1.39 bits per heavy atom. The molecule has 2 fully saturated rings. The zero-order chi connectivity index (χ0) is 15.9. The molecule has 23 heavy (non-hydrogen) atoms. The van der Waals surface area contributed by atoms with Gasteiger partial charge in [-0.1, -0.05) is 36.8 Å². The highest BCUT2D eigenvalue weighted by atomic mass is 32.1. The molecule has 1 saturated heterocycles. The van der Waals surface area contributed by atoms with Crippen molar-refractivity contribution < 1.29 is 9.53 Å². The van der Waals surface area contributed by atoms with Gasteiger partial charge in [0.1, 0.15) is 0 Å². The third-order valence-electron chi connectivity index (χ3n) is 5.18. The average molecular weight is 329 g/mol. The van der Waals surface area contributed by atoms with Gasteiger partial charge in [0.2, 0.25) is 5.13 Å². The number of esters is 1. The number of ether oxygens (including phenoxy) is 1. The number of hydrogen-bond acceptors (Lipinski definition) is 6. The van der Waals surface area contributed by atoms with Crippen LogP contribution in [0, 0.1) is 11.3 Å². The second-order valence-electron chi connectivity index (χ2n) is 6.38. The first-order valence-corrected chi connectivity index (χ1v) is 8.73. The van der Waals surface area contributed by atoms with E-state index < -0.39 is 0 Å². The molecule has 6 heteroatoms. The van der Waals surface area contributed by atoms with Crippen molar-refractivity contribution in [3.05, 3.63) is 30.3 Å². The molecule has 2 aromatic rings. The molecule has 1 saturated carbocycles. The number of anilines is 1. The highest BCUT2D eigenvalue weighted by Crippen LogP contribution is 2.50. The molecule has 1 aliphatic heterocycles. The largest absolute Gasteiger partial charge is 0.469 e. The van der Waals surface area contributed by atoms with Crippen molar-refractivity contribution in [2.45, 2.75) is 19.3 Å². The molecule has 0 amide bonds. The van der Waals surface area contributed by atoms with Crippen LogP contribution in [-0.4, -0.2) is 35.5 Å². The average Bonchev–Trinajstić information content (AvgIpc) is 3.28. The van der Waals surface area contributed by atoms with Gasteiger partial charge in [0.15, 0.2) is 5.82 Å². The topological polar surface area (TPSA) is 55.3 Å². The molecule has 2 atom stereocenters. The summed E-state index contributed by atoms with van der Waals surface area (Å²) < 4.78 is 9.58. The molecule has 2 aliphatic rings. The maximum atomic E-state index is 12.3. The van der Waals surface area contributed by atoms with Crippen LogP contribution in [0.4, 0.5) is 5.13 Å². The highest BCUT2D eigenvalue weighted by Gasteiger charge is 2.56. The summed E-state index contributed by atoms with van der Waals surface area (Å²) in [6, 6.07) is 9.99. The van der Waals surface area contributed by atoms with Crippen LogP contribution in [0.2, 0.25) is 0 Å². The van der Waals surface area contributed by atoms with Crippen LogP contribution in [0.1, 0.15) is 19.3 Å². The fraction of sp³-hybridized carbons (Fsp3) is 0.471. The van der Waals surface area contributed by atoms with E-state index in [1.807, 2.05) is 30.3 Å². The number of carbonyl (C=O) groups excluding carboxylic acids is 1. The Bertz CT molecular complexity index is 718. The number of benzene rings is 1. The lowest BCUT2D eigenvalue weighted by atomic mass is 9.81. The number of rotatable bonds is 3. The minimum absolute atomic E-state index is 0.0599. The van der Waals surface area contributed by atoms with Gasteiger partial charge in [-0.2, -0.15) is 9.36 Å². The van der Waals surface area contributed by atoms with Crippen LogP contribution in [0.5, 0.6) is 0 Å². The van der Waals surface area contributed by atoms with Gasteiger partial charge >= 0.3 is 5.97 Å². The molecule has 1 aromatic carbocycles. The number of fused-ring (bicyclic) bond motifs is 1. The van der Waals surface area contributed by atoms with Gasteiger partial charge in [0.05, 0.1) is 12.5 Å². The molecule has 0 radical (unpaired) electrons. The summed E-state index contributed by atoms with van der Waals surface area (Å²) in [6.45, 7) is 1.58. The Morgan fingerprint density at radius 3 is 3.00 bits per heavy atom. The van der Waals surface area contributed by atoms with E-state index in [-0.39, 0.29) is 11.4 Å². The molecule has 120 valence electrons. The van der Waals surface area contributed by atoms with Crippen molar-refractivity contribution in [2.75, 3.05) is 25.1 Å². The monoisotopic (exact) mass is 329 g/mol. The molecule has 4 rings (SSSR count). The summed E-state index contributed by atoms with van der Waals surface area (Å²) >= 11 is 1.41. The van der Waals surface area contributed by atoms with Crippen molar-refractivity contribution in [1.29, 1.82) is 0 Å². The lowest BCUT2D eigenvalue weighted by Crippen LogP contribution is -2.36. The number of hydrogen-bond donors (Lipinski definition) is 0. The number of carbonyl (C=O) groups is 1. The molecule has 0 N–H and O–H groups in total. The molecule has 2 unspecified atom stereocenters. The molecule has 1 aliphatic carbocycles. The second-order valence-corrected chi connectivity index (χ2v) is 7.11. The third-order valence-corrected chi connectivity index (χ3v) is 5.96. The maximum absolute atomic E-state index is 12.3. The summed E-state index contributed by atoms with van der Waals surface area (Å²) in [5.41, 5.74) is 0.685. The van der Waals surface area contributed by atoms with Gasteiger partial charge in [-0.3, -0.25) is 4.79 Å². The van der Waals surface area contributed by atoms with Crippen molar-refractivity contribution in [1.82, 2.24) is 9.36 Å². The Morgan fingerprint density at radius 2 is 2.22 bits per heavy atom. The molecule has 1 aromatic heterocycles. The maximum Gasteiger partial charge on any atom is 0.313 e. The van der Waals surface area contributed by atoms with E-state index in [2.05, 4.69) is 14.3 Å². The van der Waals surface area contributed by atoms with E-state index >= 15 is 0 Å². The van der Waals surface area contributed by atoms with Gasteiger partial charge in [-0.05, 0) is 18.8 Å². The fourth-order valence-electron chi connectivity index (χ4n) is 4.02. The zero-order valence-corrected chi connectivity index (χ0v) is 13.9. The minimum atomic E-state index is -0.340. The van der Waals surface area contributed by atoms with Crippen molar-refractivity contribution >= 4 is 22.6 Å². The molecule has 2 heterocycles. The summed E-state index contributed by atoms with van der Waals surface area (Å²) in [4.78, 5) is 19.2. The summed E-state index contributed by atoms with van der Waals surface area (Å²) in [5.74, 6) is 1.07. The SMILES string of the molecule is COC(=O)C12CCCC1CN(c1nc(-c3ccccc3)ns1)C2. The van der Waals surface area contributed by atoms with E-state index in [4.69, 9.17) is 4.74 Å². The molecule has 0 bridgehead atoms. The van der Waals surface area contributed by atoms with E-state index in [0.29, 0.717) is 12.5 Å². The first-order valence-electron chi connectivity index (χ1n) is 7.95. The van der Waals surface area contributed by atoms with E-state index in [1.165, 1.54) is 18.6 Å². The van der Waals surface area contributed by atoms with Gasteiger partial charge in [0, 0.05) is 30.2 Å². The lowest BCUT2D eigenvalue weighted by Gasteiger charge is -2.25. The molecule has 5 nitrogen and oxygen atoms in total. The number of aromatic nitrogens is 2. The number of nitrogens with zero attached hydrogens (tertiary/aromatic N) is 3. The van der Waals surface area contributed by atoms with Crippen LogP contribution in [0.25, 0.3) is 11.4 Å². The third kappa shape index (κ3) is 2.32. The second kappa shape index (κ2) is 5.60. The summed E-state index contributed by atoms with van der Waals surface area (Å²) in [6.07, 6.45) is 3.13. The normalized spacial score (nSPS) is 26.3. The lowest BCUT2D eigenvalue weighted by molar-refractivity contribution is -0.152. The summed E-state index contributed by atoms with van der Waals surface area (Å²) in [5, 5.41) is 0.904. The molecular formula is C17H19N3O2S. The smallest absolute Gasteiger partial charge is 0.313 e. The van der Waals surface area contributed by atoms with E-state index in [0.717, 1.165) is 42.3 Å². The highest BCUT2D eigenvalue weighted by molar-refractivity contribution is 7.09. The Kier molecular flexibility index (Phi) is 3.56. The van der Waals surface area contributed by atoms with Crippen LogP contribution in [0.15, 0.2) is 30.3 Å². The first-order chi connectivity index (χ1) is 11.2. The molecule has 0 spiro atoms. The number of methoxy groups -OCH3 is 1. The molecular weight excluding hydrogens is 310 g/mol. The predicted molar refractivity (Wildman–Crippen MR) is 89.3 cm³/mol. The van der Waals surface area contributed by atoms with E-state index in [9.17, 15) is 4.79 Å². The zero-order valence-electron chi connectivity index (χ0n) is 13.1. The van der Waals surface area contributed by atoms with Crippen LogP contribution in [-0.2, 0) is 9.53 Å². The standard InChI is InChI=1S/C17H19N3O2S/c1-22-15(21)17-9-5-8-13(17)10-20(11-17)16-18-14(19-23-16)12-6-3-2-4-7-12/h2-4,6-7,13H,5,8-11H2,1H3. The van der Waals surface area contributed by atoms with Crippen LogP contribution in [0.3, 0.4) is 0 Å². The quantitative estimate of drug-likeness (QED) is 0.810. The Balaban J connectivity index is 1.59. The van der Waals surface area contributed by atoms with Crippen LogP contribution < -0.4 is 4.90 Å². The van der Waals surface area contributed by atoms with E-state index in [1.54, 1.807) is 0 Å². The van der Waals surface area contributed by atoms with Gasteiger partial charge in [-0.15, -0.1) is 0 Å². The summed E-state index contributed by atoms with van der Waals surface area (Å²) in [7, 11) is 1.49. The Hall–Kier alpha value is -1.95. The van der Waals surface area contributed by atoms with Gasteiger partial charge in [0.25, 0.3) is 0 Å². The van der Waals surface area contributed by atoms with Crippen molar-refractivity contribution in [3.8, 4) is 11.4 Å². The van der Waals surface area contributed by atoms with Crippen molar-refractivity contribution in [3.63, 3.8) is 0 Å². The minimum Gasteiger partial charge on any atom is -0.469 e. The predicted octanol–water partition coefficient (Wildman–Crippen LogP) is 2.98. The van der Waals surface area contributed by atoms with Gasteiger partial charge in [-0.25, -0.2) is 0 Å². The van der Waals surface area contributed by atoms with Crippen molar-refractivity contribution in [2.24, 2.45) is 11.3 Å². The van der Waals surface area contributed by atoms with Gasteiger partial charge < -0.3 is 9.64 Å². The van der Waals surface area contributed by atoms with Crippen LogP contribution >= 0.6 is 11.5 Å². The Labute approximate surface area is 139 Å². The fourth-order valence-corrected chi connectivity index (χ4v) is 4.72.